The van der Waals surface area contributed by atoms with Crippen molar-refractivity contribution in [2.45, 2.75) is 23.9 Å². The van der Waals surface area contributed by atoms with Gasteiger partial charge in [0.1, 0.15) is 5.56 Å². The molecular weight excluding hydrogens is 310 g/mol. The standard InChI is InChI=1S/C9H13N3O6S2/c13-9(14)7-4-10-11-8(7)20(17,18)12-6-2-1-3-19(15,16)5-6/h4,6,12H,1-3,5H2,(H,10,11)(H,13,14). The number of nitrogens with zero attached hydrogens (tertiary/aromatic N) is 1. The Morgan fingerprint density at radius 1 is 1.50 bits per heavy atom. The minimum atomic E-state index is -4.16. The third-order valence-electron chi connectivity index (χ3n) is 2.89. The number of aromatic nitrogens is 2. The zero-order valence-corrected chi connectivity index (χ0v) is 11.9. The number of rotatable bonds is 4. The van der Waals surface area contributed by atoms with Crippen molar-refractivity contribution < 1.29 is 26.7 Å². The molecule has 2 rings (SSSR count). The average Bonchev–Trinajstić information content (AvgIpc) is 2.76. The van der Waals surface area contributed by atoms with E-state index < -0.39 is 42.5 Å². The van der Waals surface area contributed by atoms with Crippen molar-refractivity contribution in [1.29, 1.82) is 0 Å². The number of sulfonamides is 1. The van der Waals surface area contributed by atoms with Crippen LogP contribution >= 0.6 is 0 Å². The van der Waals surface area contributed by atoms with Gasteiger partial charge in [0, 0.05) is 6.04 Å². The monoisotopic (exact) mass is 323 g/mol. The smallest absolute Gasteiger partial charge is 0.340 e. The molecule has 0 bridgehead atoms. The van der Waals surface area contributed by atoms with Crippen LogP contribution in [0.25, 0.3) is 0 Å². The summed E-state index contributed by atoms with van der Waals surface area (Å²) in [6.07, 6.45) is 1.63. The summed E-state index contributed by atoms with van der Waals surface area (Å²) in [5.74, 6) is -1.69. The fraction of sp³-hybridized carbons (Fsp3) is 0.556. The molecule has 1 aliphatic rings. The number of carbonyl (C=O) groups is 1. The molecule has 0 saturated carbocycles. The molecule has 1 saturated heterocycles. The molecular formula is C9H13N3O6S2. The Bertz CT molecular complexity index is 721. The molecule has 1 aromatic rings. The van der Waals surface area contributed by atoms with Crippen LogP contribution in [0.1, 0.15) is 23.2 Å². The first-order valence-electron chi connectivity index (χ1n) is 5.71. The number of sulfone groups is 1. The van der Waals surface area contributed by atoms with Gasteiger partial charge in [-0.05, 0) is 12.8 Å². The van der Waals surface area contributed by atoms with Crippen LogP contribution in [0.4, 0.5) is 0 Å². The summed E-state index contributed by atoms with van der Waals surface area (Å²) in [6.45, 7) is 0. The van der Waals surface area contributed by atoms with Crippen LogP contribution in [-0.4, -0.2) is 55.7 Å². The lowest BCUT2D eigenvalue weighted by Crippen LogP contribution is -2.43. The van der Waals surface area contributed by atoms with Crippen LogP contribution in [0.5, 0.6) is 0 Å². The van der Waals surface area contributed by atoms with Crippen LogP contribution in [0.15, 0.2) is 11.2 Å². The Morgan fingerprint density at radius 3 is 2.80 bits per heavy atom. The summed E-state index contributed by atoms with van der Waals surface area (Å²) in [4.78, 5) is 10.9. The zero-order valence-electron chi connectivity index (χ0n) is 10.2. The summed E-state index contributed by atoms with van der Waals surface area (Å²) >= 11 is 0. The normalized spacial score (nSPS) is 22.5. The average molecular weight is 323 g/mol. The maximum Gasteiger partial charge on any atom is 0.340 e. The molecule has 1 aromatic heterocycles. The molecule has 3 N–H and O–H groups in total. The van der Waals surface area contributed by atoms with Crippen molar-refractivity contribution in [2.75, 3.05) is 11.5 Å². The van der Waals surface area contributed by atoms with Gasteiger partial charge in [-0.25, -0.2) is 26.4 Å². The predicted octanol–water partition coefficient (Wildman–Crippen LogP) is -1.04. The molecule has 0 radical (unpaired) electrons. The quantitative estimate of drug-likeness (QED) is 0.641. The largest absolute Gasteiger partial charge is 0.478 e. The molecule has 1 aliphatic heterocycles. The highest BCUT2D eigenvalue weighted by molar-refractivity contribution is 7.91. The van der Waals surface area contributed by atoms with Crippen molar-refractivity contribution in [2.24, 2.45) is 0 Å². The summed E-state index contributed by atoms with van der Waals surface area (Å²) < 4.78 is 49.2. The first kappa shape index (κ1) is 14.9. The van der Waals surface area contributed by atoms with E-state index in [-0.39, 0.29) is 11.5 Å². The number of aromatic carboxylic acids is 1. The first-order chi connectivity index (χ1) is 9.21. The maximum atomic E-state index is 12.1. The molecule has 1 fully saturated rings. The lowest BCUT2D eigenvalue weighted by Gasteiger charge is -2.22. The van der Waals surface area contributed by atoms with Crippen molar-refractivity contribution >= 4 is 25.8 Å². The minimum Gasteiger partial charge on any atom is -0.478 e. The van der Waals surface area contributed by atoms with Gasteiger partial charge in [0.25, 0.3) is 10.0 Å². The number of carboxylic acid groups (broad SMARTS) is 1. The summed E-state index contributed by atoms with van der Waals surface area (Å²) in [5, 5.41) is 13.8. The van der Waals surface area contributed by atoms with Crippen LogP contribution in [-0.2, 0) is 19.9 Å². The molecule has 112 valence electrons. The number of hydrogen-bond acceptors (Lipinski definition) is 6. The lowest BCUT2D eigenvalue weighted by atomic mass is 10.2. The van der Waals surface area contributed by atoms with E-state index >= 15 is 0 Å². The zero-order chi connectivity index (χ0) is 15.0. The van der Waals surface area contributed by atoms with E-state index in [1.807, 2.05) is 0 Å². The van der Waals surface area contributed by atoms with Gasteiger partial charge in [0.2, 0.25) is 0 Å². The van der Waals surface area contributed by atoms with Crippen LogP contribution < -0.4 is 4.72 Å². The molecule has 0 aliphatic carbocycles. The van der Waals surface area contributed by atoms with Gasteiger partial charge in [0.05, 0.1) is 17.7 Å². The lowest BCUT2D eigenvalue weighted by molar-refractivity contribution is 0.0692. The highest BCUT2D eigenvalue weighted by atomic mass is 32.2. The molecule has 1 atom stereocenters. The van der Waals surface area contributed by atoms with E-state index in [1.54, 1.807) is 0 Å². The van der Waals surface area contributed by atoms with Gasteiger partial charge in [-0.15, -0.1) is 0 Å². The summed E-state index contributed by atoms with van der Waals surface area (Å²) in [5.41, 5.74) is -0.490. The molecule has 0 aromatic carbocycles. The minimum absolute atomic E-state index is 0.0374. The van der Waals surface area contributed by atoms with E-state index in [0.29, 0.717) is 12.8 Å². The molecule has 2 heterocycles. The third-order valence-corrected chi connectivity index (χ3v) is 6.20. The Kier molecular flexibility index (Phi) is 3.84. The third kappa shape index (κ3) is 3.16. The highest BCUT2D eigenvalue weighted by Gasteiger charge is 2.31. The van der Waals surface area contributed by atoms with E-state index in [2.05, 4.69) is 14.9 Å². The number of hydrogen-bond donors (Lipinski definition) is 3. The van der Waals surface area contributed by atoms with E-state index in [9.17, 15) is 21.6 Å². The number of aromatic amines is 1. The SMILES string of the molecule is O=C(O)c1cn[nH]c1S(=O)(=O)NC1CCCS(=O)(=O)C1. The summed E-state index contributed by atoms with van der Waals surface area (Å²) in [7, 11) is -7.42. The van der Waals surface area contributed by atoms with Gasteiger partial charge in [-0.1, -0.05) is 0 Å². The number of carboxylic acids is 1. The molecule has 20 heavy (non-hydrogen) atoms. The highest BCUT2D eigenvalue weighted by Crippen LogP contribution is 2.17. The first-order valence-corrected chi connectivity index (χ1v) is 9.01. The Morgan fingerprint density at radius 2 is 2.20 bits per heavy atom. The number of H-pyrrole nitrogens is 1. The molecule has 0 amide bonds. The van der Waals surface area contributed by atoms with Crippen molar-refractivity contribution in [3.63, 3.8) is 0 Å². The second kappa shape index (κ2) is 5.14. The molecule has 11 heteroatoms. The number of nitrogens with one attached hydrogen (secondary N) is 2. The predicted molar refractivity (Wildman–Crippen MR) is 67.5 cm³/mol. The Hall–Kier alpha value is -1.46. The molecule has 0 spiro atoms. The maximum absolute atomic E-state index is 12.1. The van der Waals surface area contributed by atoms with Gasteiger partial charge < -0.3 is 5.11 Å². The second-order valence-electron chi connectivity index (χ2n) is 4.49. The van der Waals surface area contributed by atoms with E-state index in [4.69, 9.17) is 5.11 Å². The van der Waals surface area contributed by atoms with Gasteiger partial charge in [-0.2, -0.15) is 5.10 Å². The molecule has 9 nitrogen and oxygen atoms in total. The van der Waals surface area contributed by atoms with Crippen LogP contribution in [0.3, 0.4) is 0 Å². The van der Waals surface area contributed by atoms with E-state index in [0.717, 1.165) is 6.20 Å². The van der Waals surface area contributed by atoms with Crippen molar-refractivity contribution in [3.8, 4) is 0 Å². The van der Waals surface area contributed by atoms with Gasteiger partial charge in [0.15, 0.2) is 14.9 Å². The topological polar surface area (TPSA) is 146 Å². The van der Waals surface area contributed by atoms with Gasteiger partial charge >= 0.3 is 5.97 Å². The van der Waals surface area contributed by atoms with Crippen LogP contribution in [0, 0.1) is 0 Å². The van der Waals surface area contributed by atoms with Crippen molar-refractivity contribution in [3.05, 3.63) is 11.8 Å². The second-order valence-corrected chi connectivity index (χ2v) is 8.37. The molecule has 1 unspecified atom stereocenters. The fourth-order valence-electron chi connectivity index (χ4n) is 2.03. The fourth-order valence-corrected chi connectivity index (χ4v) is 5.13. The van der Waals surface area contributed by atoms with Gasteiger partial charge in [-0.3, -0.25) is 5.10 Å². The Labute approximate surface area is 115 Å². The van der Waals surface area contributed by atoms with Crippen molar-refractivity contribution in [1.82, 2.24) is 14.9 Å². The summed E-state index contributed by atoms with van der Waals surface area (Å²) in [6, 6.07) is -0.760. The van der Waals surface area contributed by atoms with Crippen LogP contribution in [0.2, 0.25) is 0 Å². The van der Waals surface area contributed by atoms with E-state index in [1.165, 1.54) is 0 Å². The Balaban J connectivity index is 2.23.